The van der Waals surface area contributed by atoms with E-state index in [9.17, 15) is 30.0 Å². The van der Waals surface area contributed by atoms with Crippen LogP contribution in [-0.4, -0.2) is 67.8 Å². The molecule has 4 N–H and O–H groups in total. The van der Waals surface area contributed by atoms with E-state index in [1.165, 1.54) is 0 Å². The van der Waals surface area contributed by atoms with Gasteiger partial charge < -0.3 is 29.9 Å². The lowest BCUT2D eigenvalue weighted by Crippen LogP contribution is -2.55. The number of ketones is 1. The van der Waals surface area contributed by atoms with E-state index in [1.807, 2.05) is 27.7 Å². The molecule has 0 amide bonds. The van der Waals surface area contributed by atoms with Gasteiger partial charge in [-0.15, -0.1) is 0 Å². The normalized spacial score (nSPS) is 32.7. The Hall–Kier alpha value is -2.00. The first-order chi connectivity index (χ1) is 19.7. The zero-order chi connectivity index (χ0) is 31.6. The number of aryl methyl sites for hydroxylation is 2. The van der Waals surface area contributed by atoms with Crippen LogP contribution in [0, 0.1) is 30.6 Å². The first-order valence-electron chi connectivity index (χ1n) is 16.0. The number of hydrogen-bond donors (Lipinski definition) is 4. The number of Topliss-reactive ketones (excluding diaryl/α,β-unsaturated/α-hetero) is 1. The van der Waals surface area contributed by atoms with Crippen molar-refractivity contribution in [2.24, 2.45) is 23.7 Å². The Balaban J connectivity index is 1.69. The maximum absolute atomic E-state index is 13.9. The van der Waals surface area contributed by atoms with Gasteiger partial charge in [-0.1, -0.05) is 53.7 Å². The van der Waals surface area contributed by atoms with Crippen LogP contribution in [0.15, 0.2) is 12.1 Å². The predicted octanol–water partition coefficient (Wildman–Crippen LogP) is 5.84. The summed E-state index contributed by atoms with van der Waals surface area (Å²) >= 11 is 0. The first kappa shape index (κ1) is 34.5. The standard InChI is InChI=1S/C34H54O8/c1-9-25(31-21(6)18-34(11-3,42-31)26-16-17-33(40,10-2)23(8)41-26)30(37)22(7)28(35)19(4)12-14-24-15-13-20(5)29(36)27(24)32(38)39/h13,15,19,21-23,25-26,28,31,35-36,40H,9-12,14,16-18H2,1-8H3,(H,38,39)/t19-,21+,22+,23+,25?,26-,28+,31+,33-,34+/m1/s1. The smallest absolute Gasteiger partial charge is 0.339 e. The first-order valence-corrected chi connectivity index (χ1v) is 16.0. The van der Waals surface area contributed by atoms with E-state index in [2.05, 4.69) is 13.8 Å². The Morgan fingerprint density at radius 1 is 1.12 bits per heavy atom. The minimum absolute atomic E-state index is 0.0157. The van der Waals surface area contributed by atoms with Crippen LogP contribution in [0.25, 0.3) is 0 Å². The summed E-state index contributed by atoms with van der Waals surface area (Å²) in [6.45, 7) is 15.4. The van der Waals surface area contributed by atoms with E-state index in [-0.39, 0.29) is 53.2 Å². The second-order valence-electron chi connectivity index (χ2n) is 13.2. The van der Waals surface area contributed by atoms with Gasteiger partial charge in [0.15, 0.2) is 0 Å². The van der Waals surface area contributed by atoms with Crippen LogP contribution in [0.5, 0.6) is 5.75 Å². The van der Waals surface area contributed by atoms with Crippen LogP contribution in [0.4, 0.5) is 0 Å². The summed E-state index contributed by atoms with van der Waals surface area (Å²) in [7, 11) is 0. The van der Waals surface area contributed by atoms with Crippen molar-refractivity contribution in [3.05, 3.63) is 28.8 Å². The lowest BCUT2D eigenvalue weighted by molar-refractivity contribution is -0.229. The van der Waals surface area contributed by atoms with Crippen LogP contribution in [0.3, 0.4) is 0 Å². The largest absolute Gasteiger partial charge is 0.507 e. The Kier molecular flexibility index (Phi) is 11.3. The summed E-state index contributed by atoms with van der Waals surface area (Å²) in [6.07, 6.45) is 3.34. The number of carboxylic acids is 1. The zero-order valence-electron chi connectivity index (χ0n) is 26.9. The van der Waals surface area contributed by atoms with Crippen LogP contribution in [0.2, 0.25) is 0 Å². The molecule has 1 aromatic rings. The average molecular weight is 591 g/mol. The molecule has 3 rings (SSSR count). The highest BCUT2D eigenvalue weighted by Crippen LogP contribution is 2.48. The molecular formula is C34H54O8. The number of phenols is 1. The number of carbonyl (C=O) groups excluding carboxylic acids is 1. The number of carboxylic acid groups (broad SMARTS) is 1. The van der Waals surface area contributed by atoms with Crippen molar-refractivity contribution in [1.29, 1.82) is 0 Å². The maximum Gasteiger partial charge on any atom is 0.339 e. The highest BCUT2D eigenvalue weighted by atomic mass is 16.6. The molecular weight excluding hydrogens is 536 g/mol. The molecule has 0 spiro atoms. The molecule has 2 aliphatic rings. The molecule has 2 fully saturated rings. The van der Waals surface area contributed by atoms with Crippen LogP contribution < -0.4 is 0 Å². The van der Waals surface area contributed by atoms with E-state index in [0.717, 1.165) is 12.8 Å². The molecule has 1 aromatic carbocycles. The molecule has 1 unspecified atom stereocenters. The van der Waals surface area contributed by atoms with Gasteiger partial charge in [-0.2, -0.15) is 0 Å². The molecule has 2 aliphatic heterocycles. The molecule has 0 aliphatic carbocycles. The van der Waals surface area contributed by atoms with Crippen LogP contribution >= 0.6 is 0 Å². The zero-order valence-corrected chi connectivity index (χ0v) is 26.9. The average Bonchev–Trinajstić information content (AvgIpc) is 3.31. The number of hydrogen-bond acceptors (Lipinski definition) is 7. The van der Waals surface area contributed by atoms with Gasteiger partial charge in [-0.05, 0) is 88.2 Å². The van der Waals surface area contributed by atoms with Crippen molar-refractivity contribution >= 4 is 11.8 Å². The van der Waals surface area contributed by atoms with Gasteiger partial charge in [0.1, 0.15) is 17.1 Å². The van der Waals surface area contributed by atoms with Gasteiger partial charge in [0.05, 0.1) is 35.6 Å². The van der Waals surface area contributed by atoms with Gasteiger partial charge in [-0.25, -0.2) is 4.79 Å². The Bertz CT molecular complexity index is 1100. The van der Waals surface area contributed by atoms with Gasteiger partial charge in [0, 0.05) is 11.8 Å². The summed E-state index contributed by atoms with van der Waals surface area (Å²) < 4.78 is 13.2. The quantitative estimate of drug-likeness (QED) is 0.225. The van der Waals surface area contributed by atoms with Crippen molar-refractivity contribution in [3.63, 3.8) is 0 Å². The third kappa shape index (κ3) is 6.72. The van der Waals surface area contributed by atoms with Gasteiger partial charge in [0.25, 0.3) is 0 Å². The third-order valence-corrected chi connectivity index (χ3v) is 10.7. The number of ether oxygens (including phenoxy) is 2. The Morgan fingerprint density at radius 3 is 2.33 bits per heavy atom. The van der Waals surface area contributed by atoms with E-state index in [0.29, 0.717) is 49.7 Å². The van der Waals surface area contributed by atoms with Crippen LogP contribution in [0.1, 0.15) is 115 Å². The summed E-state index contributed by atoms with van der Waals surface area (Å²) in [4.78, 5) is 25.7. The molecule has 8 heteroatoms. The summed E-state index contributed by atoms with van der Waals surface area (Å²) in [5.41, 5.74) is -0.437. The highest BCUT2D eigenvalue weighted by molar-refractivity contribution is 5.93. The van der Waals surface area contributed by atoms with Crippen LogP contribution in [-0.2, 0) is 20.7 Å². The SMILES string of the molecule is CCC(C(=O)[C@@H](C)[C@@H](O)[C@H](C)CCc1ccc(C)c(O)c1C(=O)O)[C@H]1O[C@](CC)([C@H]2CC[C@](O)(CC)[C@H](C)O2)C[C@@H]1C. The number of aliphatic hydroxyl groups excluding tert-OH is 1. The number of aliphatic hydroxyl groups is 2. The van der Waals surface area contributed by atoms with Crippen molar-refractivity contribution in [1.82, 2.24) is 0 Å². The molecule has 0 aromatic heterocycles. The van der Waals surface area contributed by atoms with E-state index < -0.39 is 29.2 Å². The maximum atomic E-state index is 13.9. The fourth-order valence-corrected chi connectivity index (χ4v) is 7.45. The molecule has 2 saturated heterocycles. The van der Waals surface area contributed by atoms with Crippen molar-refractivity contribution in [2.45, 2.75) is 142 Å². The second-order valence-corrected chi connectivity index (χ2v) is 13.2. The molecule has 238 valence electrons. The minimum Gasteiger partial charge on any atom is -0.507 e. The van der Waals surface area contributed by atoms with E-state index in [4.69, 9.17) is 9.47 Å². The van der Waals surface area contributed by atoms with Crippen molar-refractivity contribution < 1.29 is 39.5 Å². The minimum atomic E-state index is -1.18. The van der Waals surface area contributed by atoms with Gasteiger partial charge >= 0.3 is 5.97 Å². The van der Waals surface area contributed by atoms with E-state index in [1.54, 1.807) is 26.0 Å². The molecule has 0 bridgehead atoms. The fourth-order valence-electron chi connectivity index (χ4n) is 7.45. The lowest BCUT2D eigenvalue weighted by Gasteiger charge is -2.47. The third-order valence-electron chi connectivity index (χ3n) is 10.7. The summed E-state index contributed by atoms with van der Waals surface area (Å²) in [6, 6.07) is 3.40. The molecule has 8 nitrogen and oxygen atoms in total. The topological polar surface area (TPSA) is 134 Å². The predicted molar refractivity (Wildman–Crippen MR) is 162 cm³/mol. The number of benzene rings is 1. The Morgan fingerprint density at radius 2 is 1.79 bits per heavy atom. The molecule has 2 heterocycles. The molecule has 10 atom stereocenters. The second kappa shape index (κ2) is 13.7. The molecule has 0 radical (unpaired) electrons. The number of carbonyl (C=O) groups is 2. The summed E-state index contributed by atoms with van der Waals surface area (Å²) in [5, 5.41) is 42.1. The molecule has 42 heavy (non-hydrogen) atoms. The number of rotatable bonds is 13. The molecule has 0 saturated carbocycles. The number of aromatic hydroxyl groups is 1. The Labute approximate surface area is 251 Å². The lowest BCUT2D eigenvalue weighted by atomic mass is 9.76. The van der Waals surface area contributed by atoms with Gasteiger partial charge in [-0.3, -0.25) is 4.79 Å². The van der Waals surface area contributed by atoms with E-state index >= 15 is 0 Å². The van der Waals surface area contributed by atoms with Crippen molar-refractivity contribution in [3.8, 4) is 5.75 Å². The fraction of sp³-hybridized carbons (Fsp3) is 0.765. The van der Waals surface area contributed by atoms with Gasteiger partial charge in [0.2, 0.25) is 0 Å². The highest BCUT2D eigenvalue weighted by Gasteiger charge is 2.55. The number of aromatic carboxylic acids is 1. The monoisotopic (exact) mass is 590 g/mol. The van der Waals surface area contributed by atoms with Crippen molar-refractivity contribution in [2.75, 3.05) is 0 Å². The summed E-state index contributed by atoms with van der Waals surface area (Å²) in [5.74, 6) is -2.55.